The highest BCUT2D eigenvalue weighted by Crippen LogP contribution is 2.37. The van der Waals surface area contributed by atoms with Crippen LogP contribution in [0.3, 0.4) is 0 Å². The van der Waals surface area contributed by atoms with Crippen molar-refractivity contribution in [1.82, 2.24) is 5.43 Å². The first-order valence-corrected chi connectivity index (χ1v) is 4.42. The summed E-state index contributed by atoms with van der Waals surface area (Å²) in [5, 5.41) is 0. The average molecular weight is 270 g/mol. The molecule has 100 valence electrons. The fourth-order valence-electron chi connectivity index (χ4n) is 0.964. The van der Waals surface area contributed by atoms with Gasteiger partial charge in [-0.3, -0.25) is 10.2 Å². The first kappa shape index (κ1) is 14.2. The van der Waals surface area contributed by atoms with Crippen molar-refractivity contribution in [2.24, 2.45) is 5.84 Å². The number of alkyl halides is 5. The number of amides is 1. The van der Waals surface area contributed by atoms with Crippen molar-refractivity contribution < 1.29 is 31.5 Å². The first-order valence-electron chi connectivity index (χ1n) is 4.42. The van der Waals surface area contributed by atoms with E-state index < -0.39 is 23.9 Å². The Labute approximate surface area is 97.5 Å². The summed E-state index contributed by atoms with van der Waals surface area (Å²) in [6, 6.07) is 3.57. The predicted molar refractivity (Wildman–Crippen MR) is 49.7 cm³/mol. The molecule has 0 heterocycles. The molecule has 0 saturated carbocycles. The number of hydrogen-bond acceptors (Lipinski definition) is 3. The number of carbonyl (C=O) groups excluding carboxylic acids is 1. The van der Waals surface area contributed by atoms with E-state index >= 15 is 0 Å². The second-order valence-corrected chi connectivity index (χ2v) is 3.11. The Hall–Kier alpha value is -1.90. The largest absolute Gasteiger partial charge is 0.499 e. The molecule has 1 aromatic rings. The average Bonchev–Trinajstić information content (AvgIpc) is 2.27. The van der Waals surface area contributed by atoms with Crippen LogP contribution in [0.2, 0.25) is 0 Å². The predicted octanol–water partition coefficient (Wildman–Crippen LogP) is 1.82. The van der Waals surface area contributed by atoms with Crippen LogP contribution in [-0.2, 0) is 0 Å². The summed E-state index contributed by atoms with van der Waals surface area (Å²) < 4.78 is 64.0. The van der Waals surface area contributed by atoms with Gasteiger partial charge in [-0.1, -0.05) is 0 Å². The molecule has 0 aliphatic rings. The molecule has 0 spiro atoms. The number of nitrogens with one attached hydrogen (secondary N) is 1. The van der Waals surface area contributed by atoms with E-state index in [2.05, 4.69) is 4.74 Å². The molecule has 1 aromatic carbocycles. The summed E-state index contributed by atoms with van der Waals surface area (Å²) in [4.78, 5) is 11.0. The molecule has 0 atom stereocenters. The van der Waals surface area contributed by atoms with E-state index in [1.807, 2.05) is 0 Å². The number of hydrogen-bond donors (Lipinski definition) is 2. The van der Waals surface area contributed by atoms with Crippen molar-refractivity contribution in [2.75, 3.05) is 0 Å². The zero-order chi connectivity index (χ0) is 14.0. The van der Waals surface area contributed by atoms with Gasteiger partial charge >= 0.3 is 12.3 Å². The molecule has 4 nitrogen and oxygen atoms in total. The first-order chi connectivity index (χ1) is 8.17. The highest BCUT2D eigenvalue weighted by Gasteiger charge is 2.61. The maximum Gasteiger partial charge on any atom is 0.499 e. The molecule has 3 N–H and O–H groups in total. The molecule has 0 unspecified atom stereocenters. The van der Waals surface area contributed by atoms with Gasteiger partial charge in [0.25, 0.3) is 5.91 Å². The lowest BCUT2D eigenvalue weighted by molar-refractivity contribution is -0.360. The van der Waals surface area contributed by atoms with Crippen LogP contribution in [0.15, 0.2) is 24.3 Å². The van der Waals surface area contributed by atoms with Gasteiger partial charge in [0.1, 0.15) is 5.75 Å². The minimum atomic E-state index is -5.82. The third-order valence-electron chi connectivity index (χ3n) is 1.82. The van der Waals surface area contributed by atoms with Gasteiger partial charge in [0.05, 0.1) is 0 Å². The Morgan fingerprint density at radius 3 is 2.00 bits per heavy atom. The van der Waals surface area contributed by atoms with Crippen molar-refractivity contribution in [3.05, 3.63) is 29.8 Å². The quantitative estimate of drug-likeness (QED) is 0.381. The number of hydrazine groups is 1. The summed E-state index contributed by atoms with van der Waals surface area (Å²) in [7, 11) is 0. The lowest BCUT2D eigenvalue weighted by Crippen LogP contribution is -2.41. The van der Waals surface area contributed by atoms with Gasteiger partial charge in [-0.2, -0.15) is 22.0 Å². The number of rotatable bonds is 3. The number of ether oxygens (including phenoxy) is 1. The van der Waals surface area contributed by atoms with Crippen molar-refractivity contribution in [1.29, 1.82) is 0 Å². The molecule has 1 rings (SSSR count). The molecule has 0 aromatic heterocycles. The lowest BCUT2D eigenvalue weighted by atomic mass is 10.2. The van der Waals surface area contributed by atoms with Gasteiger partial charge in [-0.05, 0) is 24.3 Å². The Balaban J connectivity index is 2.85. The molecule has 18 heavy (non-hydrogen) atoms. The Bertz CT molecular complexity index is 430. The van der Waals surface area contributed by atoms with Crippen LogP contribution in [0.1, 0.15) is 10.4 Å². The van der Waals surface area contributed by atoms with Gasteiger partial charge in [-0.15, -0.1) is 0 Å². The molecule has 9 heteroatoms. The second kappa shape index (κ2) is 4.77. The Morgan fingerprint density at radius 1 is 1.11 bits per heavy atom. The lowest BCUT2D eigenvalue weighted by Gasteiger charge is -2.20. The second-order valence-electron chi connectivity index (χ2n) is 3.11. The SMILES string of the molecule is NNC(=O)c1ccc(OC(F)(F)C(F)(F)F)cc1. The van der Waals surface area contributed by atoms with Crippen LogP contribution in [-0.4, -0.2) is 18.2 Å². The number of nitrogen functional groups attached to an aromatic ring is 1. The van der Waals surface area contributed by atoms with E-state index in [1.165, 1.54) is 0 Å². The van der Waals surface area contributed by atoms with Crippen LogP contribution < -0.4 is 16.0 Å². The summed E-state index contributed by atoms with van der Waals surface area (Å²) in [6.07, 6.45) is -11.1. The molecular formula is C9H7F5N2O2. The monoisotopic (exact) mass is 270 g/mol. The van der Waals surface area contributed by atoms with Gasteiger partial charge in [0.15, 0.2) is 0 Å². The van der Waals surface area contributed by atoms with Crippen molar-refractivity contribution >= 4 is 5.91 Å². The molecular weight excluding hydrogens is 263 g/mol. The van der Waals surface area contributed by atoms with Gasteiger partial charge in [0.2, 0.25) is 0 Å². The maximum absolute atomic E-state index is 12.5. The summed E-state index contributed by atoms with van der Waals surface area (Å²) >= 11 is 0. The normalized spacial score (nSPS) is 12.1. The van der Waals surface area contributed by atoms with Gasteiger partial charge in [-0.25, -0.2) is 5.84 Å². The third kappa shape index (κ3) is 3.06. The topological polar surface area (TPSA) is 64.3 Å². The molecule has 1 amide bonds. The number of carbonyl (C=O) groups is 1. The van der Waals surface area contributed by atoms with E-state index in [-0.39, 0.29) is 5.56 Å². The minimum absolute atomic E-state index is 0.0137. The molecule has 0 fully saturated rings. The highest BCUT2D eigenvalue weighted by molar-refractivity contribution is 5.93. The van der Waals surface area contributed by atoms with Crippen LogP contribution in [0.4, 0.5) is 22.0 Å². The third-order valence-corrected chi connectivity index (χ3v) is 1.82. The molecule has 0 bridgehead atoms. The van der Waals surface area contributed by atoms with Crippen molar-refractivity contribution in [3.8, 4) is 5.75 Å². The van der Waals surface area contributed by atoms with Crippen LogP contribution in [0.5, 0.6) is 5.75 Å². The van der Waals surface area contributed by atoms with E-state index in [4.69, 9.17) is 5.84 Å². The van der Waals surface area contributed by atoms with E-state index in [0.717, 1.165) is 24.3 Å². The number of nitrogens with two attached hydrogens (primary N) is 1. The zero-order valence-corrected chi connectivity index (χ0v) is 8.59. The van der Waals surface area contributed by atoms with Crippen LogP contribution >= 0.6 is 0 Å². The summed E-state index contributed by atoms with van der Waals surface area (Å²) in [5.41, 5.74) is 1.75. The Morgan fingerprint density at radius 2 is 1.61 bits per heavy atom. The molecule has 0 saturated heterocycles. The molecule has 0 aliphatic carbocycles. The smallest absolute Gasteiger partial charge is 0.426 e. The van der Waals surface area contributed by atoms with Crippen LogP contribution in [0, 0.1) is 0 Å². The van der Waals surface area contributed by atoms with Gasteiger partial charge in [0, 0.05) is 5.56 Å². The fourth-order valence-corrected chi connectivity index (χ4v) is 0.964. The molecule has 0 aliphatic heterocycles. The zero-order valence-electron chi connectivity index (χ0n) is 8.59. The Kier molecular flexibility index (Phi) is 3.75. The summed E-state index contributed by atoms with van der Waals surface area (Å²) in [5.74, 6) is 3.35. The number of benzene rings is 1. The van der Waals surface area contributed by atoms with Gasteiger partial charge < -0.3 is 4.74 Å². The van der Waals surface area contributed by atoms with E-state index in [1.54, 1.807) is 5.43 Å². The van der Waals surface area contributed by atoms with E-state index in [0.29, 0.717) is 0 Å². The van der Waals surface area contributed by atoms with Crippen LogP contribution in [0.25, 0.3) is 0 Å². The maximum atomic E-state index is 12.5. The fraction of sp³-hybridized carbons (Fsp3) is 0.222. The highest BCUT2D eigenvalue weighted by atomic mass is 19.4. The minimum Gasteiger partial charge on any atom is -0.426 e. The number of halogens is 5. The van der Waals surface area contributed by atoms with E-state index in [9.17, 15) is 26.7 Å². The molecule has 0 radical (unpaired) electrons. The van der Waals surface area contributed by atoms with Crippen molar-refractivity contribution in [3.63, 3.8) is 0 Å². The summed E-state index contributed by atoms with van der Waals surface area (Å²) in [6.45, 7) is 0. The van der Waals surface area contributed by atoms with Crippen molar-refractivity contribution in [2.45, 2.75) is 12.3 Å². The standard InChI is InChI=1S/C9H7F5N2O2/c10-8(11,12)9(13,14)18-6-3-1-5(2-4-6)7(17)16-15/h1-4H,15H2,(H,16,17).